The van der Waals surface area contributed by atoms with Crippen molar-refractivity contribution in [2.75, 3.05) is 18.1 Å². The van der Waals surface area contributed by atoms with Gasteiger partial charge in [-0.2, -0.15) is 0 Å². The van der Waals surface area contributed by atoms with E-state index in [1.165, 1.54) is 0 Å². The molecule has 22 heavy (non-hydrogen) atoms. The Morgan fingerprint density at radius 3 is 2.82 bits per heavy atom. The molecule has 0 radical (unpaired) electrons. The van der Waals surface area contributed by atoms with Gasteiger partial charge < -0.3 is 10.1 Å². The van der Waals surface area contributed by atoms with Crippen LogP contribution in [0.5, 0.6) is 5.75 Å². The number of amides is 1. The van der Waals surface area contributed by atoms with Crippen molar-refractivity contribution in [2.24, 2.45) is 5.92 Å². The highest BCUT2D eigenvalue weighted by Crippen LogP contribution is 2.23. The standard InChI is InChI=1S/C15H20ClNO4S/c1-10-7-13(16)3-4-14(10)21-11(2)15(18)17-8-12-5-6-22(19,20)9-12/h3-4,7,11-12H,5-6,8-9H2,1-2H3,(H,17,18). The number of hydrogen-bond acceptors (Lipinski definition) is 4. The number of ether oxygens (including phenoxy) is 1. The normalized spacial score (nSPS) is 21.3. The second-order valence-corrected chi connectivity index (χ2v) is 8.35. The Hall–Kier alpha value is -1.27. The highest BCUT2D eigenvalue weighted by Gasteiger charge is 2.28. The molecule has 0 bridgehead atoms. The van der Waals surface area contributed by atoms with Crippen LogP contribution in [0, 0.1) is 12.8 Å². The van der Waals surface area contributed by atoms with Crippen LogP contribution in [0.2, 0.25) is 5.02 Å². The predicted octanol–water partition coefficient (Wildman–Crippen LogP) is 1.97. The Balaban J connectivity index is 1.84. The van der Waals surface area contributed by atoms with Crippen LogP contribution in [-0.2, 0) is 14.6 Å². The SMILES string of the molecule is Cc1cc(Cl)ccc1OC(C)C(=O)NCC1CCS(=O)(=O)C1. The molecular formula is C15H20ClNO4S. The van der Waals surface area contributed by atoms with E-state index in [1.807, 2.05) is 6.92 Å². The van der Waals surface area contributed by atoms with Crippen molar-refractivity contribution >= 4 is 27.3 Å². The van der Waals surface area contributed by atoms with Crippen molar-refractivity contribution in [2.45, 2.75) is 26.4 Å². The zero-order valence-corrected chi connectivity index (χ0v) is 14.2. The first kappa shape index (κ1) is 17.1. The Kier molecular flexibility index (Phi) is 5.34. The summed E-state index contributed by atoms with van der Waals surface area (Å²) in [5, 5.41) is 3.37. The molecule has 0 saturated carbocycles. The van der Waals surface area contributed by atoms with E-state index < -0.39 is 15.9 Å². The van der Waals surface area contributed by atoms with Crippen molar-refractivity contribution in [3.8, 4) is 5.75 Å². The molecule has 1 N–H and O–H groups in total. The van der Waals surface area contributed by atoms with Gasteiger partial charge in [-0.3, -0.25) is 4.79 Å². The van der Waals surface area contributed by atoms with E-state index in [0.29, 0.717) is 23.7 Å². The Labute approximate surface area is 135 Å². The number of carbonyl (C=O) groups excluding carboxylic acids is 1. The van der Waals surface area contributed by atoms with E-state index in [4.69, 9.17) is 16.3 Å². The fraction of sp³-hybridized carbons (Fsp3) is 0.533. The van der Waals surface area contributed by atoms with Crippen molar-refractivity contribution in [1.82, 2.24) is 5.32 Å². The highest BCUT2D eigenvalue weighted by molar-refractivity contribution is 7.91. The summed E-state index contributed by atoms with van der Waals surface area (Å²) in [7, 11) is -2.92. The summed E-state index contributed by atoms with van der Waals surface area (Å²) in [5.74, 6) is 0.718. The number of rotatable bonds is 5. The minimum absolute atomic E-state index is 0.00146. The third-order valence-electron chi connectivity index (χ3n) is 3.70. The summed E-state index contributed by atoms with van der Waals surface area (Å²) in [5.41, 5.74) is 0.856. The zero-order valence-electron chi connectivity index (χ0n) is 12.6. The molecule has 1 saturated heterocycles. The third kappa shape index (κ3) is 4.61. The lowest BCUT2D eigenvalue weighted by atomic mass is 10.1. The molecule has 0 aliphatic carbocycles. The van der Waals surface area contributed by atoms with E-state index in [1.54, 1.807) is 25.1 Å². The number of hydrogen-bond donors (Lipinski definition) is 1. The molecule has 2 unspecified atom stereocenters. The van der Waals surface area contributed by atoms with E-state index in [-0.39, 0.29) is 23.3 Å². The highest BCUT2D eigenvalue weighted by atomic mass is 35.5. The monoisotopic (exact) mass is 345 g/mol. The zero-order chi connectivity index (χ0) is 16.3. The molecule has 5 nitrogen and oxygen atoms in total. The molecular weight excluding hydrogens is 326 g/mol. The number of halogens is 1. The van der Waals surface area contributed by atoms with Gasteiger partial charge in [0.25, 0.3) is 5.91 Å². The van der Waals surface area contributed by atoms with Crippen LogP contribution in [0.25, 0.3) is 0 Å². The average molecular weight is 346 g/mol. The van der Waals surface area contributed by atoms with Gasteiger partial charge in [-0.1, -0.05) is 11.6 Å². The first-order valence-electron chi connectivity index (χ1n) is 7.18. The minimum atomic E-state index is -2.92. The van der Waals surface area contributed by atoms with Crippen LogP contribution in [-0.4, -0.2) is 38.5 Å². The number of nitrogens with one attached hydrogen (secondary N) is 1. The van der Waals surface area contributed by atoms with Gasteiger partial charge in [-0.15, -0.1) is 0 Å². The third-order valence-corrected chi connectivity index (χ3v) is 5.77. The second-order valence-electron chi connectivity index (χ2n) is 5.68. The molecule has 122 valence electrons. The first-order chi connectivity index (χ1) is 10.3. The fourth-order valence-corrected chi connectivity index (χ4v) is 4.50. The van der Waals surface area contributed by atoms with Crippen LogP contribution < -0.4 is 10.1 Å². The largest absolute Gasteiger partial charge is 0.481 e. The Morgan fingerprint density at radius 1 is 1.50 bits per heavy atom. The molecule has 1 fully saturated rings. The fourth-order valence-electron chi connectivity index (χ4n) is 2.41. The van der Waals surface area contributed by atoms with Crippen molar-refractivity contribution in [1.29, 1.82) is 0 Å². The van der Waals surface area contributed by atoms with Gasteiger partial charge in [-0.25, -0.2) is 8.42 Å². The number of benzene rings is 1. The number of sulfone groups is 1. The number of carbonyl (C=O) groups is 1. The lowest BCUT2D eigenvalue weighted by molar-refractivity contribution is -0.127. The van der Waals surface area contributed by atoms with Gasteiger partial charge in [0.1, 0.15) is 5.75 Å². The van der Waals surface area contributed by atoms with E-state index in [9.17, 15) is 13.2 Å². The van der Waals surface area contributed by atoms with Crippen molar-refractivity contribution in [3.63, 3.8) is 0 Å². The van der Waals surface area contributed by atoms with Gasteiger partial charge in [0.2, 0.25) is 0 Å². The maximum atomic E-state index is 12.0. The second kappa shape index (κ2) is 6.87. The molecule has 0 aromatic heterocycles. The summed E-state index contributed by atoms with van der Waals surface area (Å²) >= 11 is 5.88. The van der Waals surface area contributed by atoms with Crippen LogP contribution in [0.15, 0.2) is 18.2 Å². The molecule has 7 heteroatoms. The van der Waals surface area contributed by atoms with E-state index >= 15 is 0 Å². The van der Waals surface area contributed by atoms with Crippen LogP contribution in [0.4, 0.5) is 0 Å². The summed E-state index contributed by atoms with van der Waals surface area (Å²) in [4.78, 5) is 12.0. The molecule has 1 aliphatic heterocycles. The van der Waals surface area contributed by atoms with Crippen LogP contribution in [0.3, 0.4) is 0 Å². The van der Waals surface area contributed by atoms with Gasteiger partial charge >= 0.3 is 0 Å². The Bertz CT molecular complexity index is 660. The summed E-state index contributed by atoms with van der Waals surface area (Å²) in [6.07, 6.45) is -0.0494. The predicted molar refractivity (Wildman–Crippen MR) is 86.0 cm³/mol. The molecule has 2 atom stereocenters. The van der Waals surface area contributed by atoms with Crippen LogP contribution in [0.1, 0.15) is 18.9 Å². The molecule has 0 spiro atoms. The summed E-state index contributed by atoms with van der Waals surface area (Å²) < 4.78 is 28.4. The van der Waals surface area contributed by atoms with Gasteiger partial charge in [0, 0.05) is 11.6 Å². The minimum Gasteiger partial charge on any atom is -0.481 e. The Morgan fingerprint density at radius 2 is 2.23 bits per heavy atom. The smallest absolute Gasteiger partial charge is 0.260 e. The van der Waals surface area contributed by atoms with Gasteiger partial charge in [0.15, 0.2) is 15.9 Å². The topological polar surface area (TPSA) is 72.5 Å². The lowest BCUT2D eigenvalue weighted by Crippen LogP contribution is -2.39. The summed E-state index contributed by atoms with van der Waals surface area (Å²) in [6, 6.07) is 5.20. The lowest BCUT2D eigenvalue weighted by Gasteiger charge is -2.17. The van der Waals surface area contributed by atoms with Gasteiger partial charge in [-0.05, 0) is 49.9 Å². The average Bonchev–Trinajstić information content (AvgIpc) is 2.78. The summed E-state index contributed by atoms with van der Waals surface area (Å²) in [6.45, 7) is 3.88. The number of aryl methyl sites for hydroxylation is 1. The molecule has 1 amide bonds. The molecule has 1 aromatic rings. The quantitative estimate of drug-likeness (QED) is 0.885. The molecule has 1 heterocycles. The molecule has 1 aliphatic rings. The molecule has 2 rings (SSSR count). The van der Waals surface area contributed by atoms with E-state index in [2.05, 4.69) is 5.32 Å². The van der Waals surface area contributed by atoms with Gasteiger partial charge in [0.05, 0.1) is 11.5 Å². The van der Waals surface area contributed by atoms with E-state index in [0.717, 1.165) is 5.56 Å². The first-order valence-corrected chi connectivity index (χ1v) is 9.38. The molecule has 1 aromatic carbocycles. The maximum absolute atomic E-state index is 12.0. The van der Waals surface area contributed by atoms with Crippen molar-refractivity contribution < 1.29 is 17.9 Å². The van der Waals surface area contributed by atoms with Crippen molar-refractivity contribution in [3.05, 3.63) is 28.8 Å². The maximum Gasteiger partial charge on any atom is 0.260 e. The van der Waals surface area contributed by atoms with Crippen LogP contribution >= 0.6 is 11.6 Å².